The zero-order valence-electron chi connectivity index (χ0n) is 26.5. The Bertz CT molecular complexity index is 2680. The van der Waals surface area contributed by atoms with Crippen LogP contribution in [0.1, 0.15) is 25.0 Å². The summed E-state index contributed by atoms with van der Waals surface area (Å²) in [7, 11) is 0. The standard InChI is InChI=1S/C47H32/c1-47(2)43-26-34-16-10-9-15-33(34)25-41(43)42-27-39(30-13-7-4-8-14-30)40(28-44(42)47)36-22-18-32-19-23-37-35(29-11-5-3-6-12-29)21-17-31-20-24-38(36)46(32)45(31)37/h3-28H,1-2H3. The lowest BCUT2D eigenvalue weighted by atomic mass is 9.79. The van der Waals surface area contributed by atoms with E-state index in [1.54, 1.807) is 0 Å². The van der Waals surface area contributed by atoms with Crippen LogP contribution in [0.2, 0.25) is 0 Å². The molecule has 0 aliphatic heterocycles. The van der Waals surface area contributed by atoms with Gasteiger partial charge in [-0.1, -0.05) is 147 Å². The lowest BCUT2D eigenvalue weighted by Gasteiger charge is -2.24. The van der Waals surface area contributed by atoms with Gasteiger partial charge in [-0.2, -0.15) is 0 Å². The van der Waals surface area contributed by atoms with E-state index >= 15 is 0 Å². The van der Waals surface area contributed by atoms with Crippen molar-refractivity contribution in [3.05, 3.63) is 169 Å². The molecule has 0 nitrogen and oxygen atoms in total. The predicted molar refractivity (Wildman–Crippen MR) is 202 cm³/mol. The van der Waals surface area contributed by atoms with E-state index in [0.29, 0.717) is 0 Å². The number of hydrogen-bond acceptors (Lipinski definition) is 0. The van der Waals surface area contributed by atoms with Crippen molar-refractivity contribution in [2.24, 2.45) is 0 Å². The summed E-state index contributed by atoms with van der Waals surface area (Å²) in [5.74, 6) is 0. The van der Waals surface area contributed by atoms with E-state index in [4.69, 9.17) is 0 Å². The Hall–Kier alpha value is -5.72. The average molecular weight is 597 g/mol. The van der Waals surface area contributed by atoms with Crippen molar-refractivity contribution in [3.63, 3.8) is 0 Å². The van der Waals surface area contributed by atoms with Crippen molar-refractivity contribution >= 4 is 43.1 Å². The maximum atomic E-state index is 2.52. The van der Waals surface area contributed by atoms with Crippen molar-refractivity contribution < 1.29 is 0 Å². The smallest absolute Gasteiger partial charge is 0.0159 e. The molecule has 9 aromatic carbocycles. The fourth-order valence-electron chi connectivity index (χ4n) is 8.45. The third kappa shape index (κ3) is 3.76. The zero-order valence-corrected chi connectivity index (χ0v) is 26.5. The summed E-state index contributed by atoms with van der Waals surface area (Å²) in [6.07, 6.45) is 0. The fourth-order valence-corrected chi connectivity index (χ4v) is 8.45. The van der Waals surface area contributed by atoms with Crippen molar-refractivity contribution in [2.45, 2.75) is 19.3 Å². The number of benzene rings is 9. The highest BCUT2D eigenvalue weighted by molar-refractivity contribution is 6.28. The molecule has 10 rings (SSSR count). The Kier molecular flexibility index (Phi) is 5.44. The molecule has 9 aromatic rings. The Balaban J connectivity index is 1.28. The molecule has 0 aromatic heterocycles. The molecule has 0 heteroatoms. The van der Waals surface area contributed by atoms with Crippen LogP contribution in [0.15, 0.2) is 158 Å². The summed E-state index contributed by atoms with van der Waals surface area (Å²) < 4.78 is 0. The third-order valence-electron chi connectivity index (χ3n) is 10.8. The topological polar surface area (TPSA) is 0 Å². The molecule has 0 amide bonds. The minimum atomic E-state index is -0.118. The molecule has 220 valence electrons. The summed E-state index contributed by atoms with van der Waals surface area (Å²) in [6, 6.07) is 58.9. The molecule has 0 radical (unpaired) electrons. The van der Waals surface area contributed by atoms with Gasteiger partial charge in [-0.25, -0.2) is 0 Å². The van der Waals surface area contributed by atoms with Crippen molar-refractivity contribution in [3.8, 4) is 44.5 Å². The van der Waals surface area contributed by atoms with Crippen molar-refractivity contribution in [1.82, 2.24) is 0 Å². The summed E-state index contributed by atoms with van der Waals surface area (Å²) in [4.78, 5) is 0. The van der Waals surface area contributed by atoms with Crippen molar-refractivity contribution in [1.29, 1.82) is 0 Å². The van der Waals surface area contributed by atoms with Gasteiger partial charge in [-0.3, -0.25) is 0 Å². The molecule has 0 unspecified atom stereocenters. The van der Waals surface area contributed by atoms with Gasteiger partial charge in [0, 0.05) is 5.41 Å². The van der Waals surface area contributed by atoms with Gasteiger partial charge in [0.15, 0.2) is 0 Å². The molecule has 0 heterocycles. The van der Waals surface area contributed by atoms with Gasteiger partial charge >= 0.3 is 0 Å². The van der Waals surface area contributed by atoms with Crippen LogP contribution in [0, 0.1) is 0 Å². The monoisotopic (exact) mass is 596 g/mol. The number of fused-ring (bicyclic) bond motifs is 4. The van der Waals surface area contributed by atoms with Crippen LogP contribution in [-0.2, 0) is 5.41 Å². The Labute approximate surface area is 274 Å². The lowest BCUT2D eigenvalue weighted by Crippen LogP contribution is -2.15. The molecule has 0 atom stereocenters. The van der Waals surface area contributed by atoms with E-state index in [0.717, 1.165) is 0 Å². The molecule has 0 N–H and O–H groups in total. The third-order valence-corrected chi connectivity index (χ3v) is 10.8. The average Bonchev–Trinajstić information content (AvgIpc) is 3.34. The van der Waals surface area contributed by atoms with Crippen LogP contribution in [-0.4, -0.2) is 0 Å². The van der Waals surface area contributed by atoms with Gasteiger partial charge < -0.3 is 0 Å². The van der Waals surface area contributed by atoms with E-state index in [-0.39, 0.29) is 5.41 Å². The number of hydrogen-bond donors (Lipinski definition) is 0. The first-order valence-corrected chi connectivity index (χ1v) is 16.6. The molecular formula is C47H32. The van der Waals surface area contributed by atoms with Gasteiger partial charge in [0.05, 0.1) is 0 Å². The van der Waals surface area contributed by atoms with Crippen LogP contribution in [0.5, 0.6) is 0 Å². The minimum absolute atomic E-state index is 0.118. The lowest BCUT2D eigenvalue weighted by molar-refractivity contribution is 0.661. The van der Waals surface area contributed by atoms with E-state index in [1.807, 2.05) is 0 Å². The van der Waals surface area contributed by atoms with E-state index in [2.05, 4.69) is 172 Å². The summed E-state index contributed by atoms with van der Waals surface area (Å²) >= 11 is 0. The molecule has 0 fully saturated rings. The molecule has 47 heavy (non-hydrogen) atoms. The molecule has 1 aliphatic rings. The number of rotatable bonds is 3. The molecule has 0 saturated carbocycles. The maximum absolute atomic E-state index is 2.52. The van der Waals surface area contributed by atoms with Crippen LogP contribution in [0.3, 0.4) is 0 Å². The van der Waals surface area contributed by atoms with Crippen molar-refractivity contribution in [2.75, 3.05) is 0 Å². The van der Waals surface area contributed by atoms with Crippen LogP contribution in [0.4, 0.5) is 0 Å². The molecular weight excluding hydrogens is 565 g/mol. The van der Waals surface area contributed by atoms with Crippen LogP contribution >= 0.6 is 0 Å². The maximum Gasteiger partial charge on any atom is 0.0159 e. The molecule has 1 aliphatic carbocycles. The summed E-state index contributed by atoms with van der Waals surface area (Å²) in [5, 5.41) is 10.5. The van der Waals surface area contributed by atoms with Gasteiger partial charge in [0.2, 0.25) is 0 Å². The van der Waals surface area contributed by atoms with E-state index in [9.17, 15) is 0 Å². The SMILES string of the molecule is CC1(C)c2cc(-c3ccc4ccc5c(-c6ccccc6)ccc6ccc3c4c65)c(-c3ccccc3)cc2-c2cc3ccccc3cc21. The highest BCUT2D eigenvalue weighted by Gasteiger charge is 2.37. The van der Waals surface area contributed by atoms with E-state index < -0.39 is 0 Å². The van der Waals surface area contributed by atoms with Crippen LogP contribution in [0.25, 0.3) is 87.6 Å². The largest absolute Gasteiger partial charge is 0.0622 e. The summed E-state index contributed by atoms with van der Waals surface area (Å²) in [6.45, 7) is 4.79. The van der Waals surface area contributed by atoms with Gasteiger partial charge in [0.1, 0.15) is 0 Å². The van der Waals surface area contributed by atoms with Gasteiger partial charge in [-0.15, -0.1) is 0 Å². The van der Waals surface area contributed by atoms with E-state index in [1.165, 1.54) is 98.7 Å². The fraction of sp³-hybridized carbons (Fsp3) is 0.0638. The Morgan fingerprint density at radius 1 is 0.319 bits per heavy atom. The normalized spacial score (nSPS) is 13.5. The first-order chi connectivity index (χ1) is 23.1. The Morgan fingerprint density at radius 2 is 0.809 bits per heavy atom. The second kappa shape index (κ2) is 9.64. The van der Waals surface area contributed by atoms with Crippen LogP contribution < -0.4 is 0 Å². The quantitative estimate of drug-likeness (QED) is 0.178. The first-order valence-electron chi connectivity index (χ1n) is 16.6. The minimum Gasteiger partial charge on any atom is -0.0622 e. The molecule has 0 spiro atoms. The molecule has 0 saturated heterocycles. The zero-order chi connectivity index (χ0) is 31.3. The molecule has 0 bridgehead atoms. The second-order valence-corrected chi connectivity index (χ2v) is 13.7. The van der Waals surface area contributed by atoms with Gasteiger partial charge in [-0.05, 0) is 123 Å². The highest BCUT2D eigenvalue weighted by atomic mass is 14.4. The Morgan fingerprint density at radius 3 is 1.47 bits per heavy atom. The predicted octanol–water partition coefficient (Wildman–Crippen LogP) is 13.0. The summed E-state index contributed by atoms with van der Waals surface area (Å²) in [5.41, 5.74) is 13.0. The van der Waals surface area contributed by atoms with Gasteiger partial charge in [0.25, 0.3) is 0 Å². The first kappa shape index (κ1) is 26.5. The highest BCUT2D eigenvalue weighted by Crippen LogP contribution is 2.53. The second-order valence-electron chi connectivity index (χ2n) is 13.7.